The Morgan fingerprint density at radius 3 is 2.15 bits per heavy atom. The van der Waals surface area contributed by atoms with Gasteiger partial charge < -0.3 is 15.0 Å². The molecule has 2 amide bonds. The summed E-state index contributed by atoms with van der Waals surface area (Å²) in [6.07, 6.45) is 0. The zero-order chi connectivity index (χ0) is 29.7. The van der Waals surface area contributed by atoms with Crippen LogP contribution in [0.3, 0.4) is 0 Å². The van der Waals surface area contributed by atoms with Gasteiger partial charge in [0.2, 0.25) is 11.8 Å². The lowest BCUT2D eigenvalue weighted by Gasteiger charge is -2.33. The van der Waals surface area contributed by atoms with Crippen LogP contribution < -0.4 is 14.4 Å². The fourth-order valence-electron chi connectivity index (χ4n) is 4.03. The third-order valence-corrected chi connectivity index (χ3v) is 7.95. The molecule has 8 nitrogen and oxygen atoms in total. The third-order valence-electron chi connectivity index (χ3n) is 6.17. The Morgan fingerprint density at radius 2 is 1.57 bits per heavy atom. The van der Waals surface area contributed by atoms with Crippen LogP contribution in [0.5, 0.6) is 5.75 Å². The topological polar surface area (TPSA) is 96.0 Å². The molecule has 0 spiro atoms. The molecule has 0 aromatic heterocycles. The van der Waals surface area contributed by atoms with E-state index in [2.05, 4.69) is 5.32 Å². The molecule has 3 aromatic rings. The van der Waals surface area contributed by atoms with E-state index in [0.29, 0.717) is 5.56 Å². The van der Waals surface area contributed by atoms with E-state index in [1.165, 1.54) is 48.4 Å². The second kappa shape index (κ2) is 12.5. The standard InChI is InChI=1S/C30H36FN3O5S/c1-21-11-17-25(18-12-21)40(37,38)34(26-9-7-8-10-27(26)39-6)20-28(35)33(19-23-13-15-24(31)16-14-23)22(2)29(36)32-30(3,4)5/h7-18,22H,19-20H2,1-6H3,(H,32,36). The van der Waals surface area contributed by atoms with Crippen molar-refractivity contribution in [2.45, 2.75) is 57.6 Å². The van der Waals surface area contributed by atoms with Gasteiger partial charge in [-0.25, -0.2) is 12.8 Å². The summed E-state index contributed by atoms with van der Waals surface area (Å²) >= 11 is 0. The Bertz CT molecular complexity index is 1440. The summed E-state index contributed by atoms with van der Waals surface area (Å²) in [5.41, 5.74) is 1.07. The number of carbonyl (C=O) groups excluding carboxylic acids is 2. The third kappa shape index (κ3) is 7.59. The van der Waals surface area contributed by atoms with Crippen molar-refractivity contribution in [1.29, 1.82) is 0 Å². The highest BCUT2D eigenvalue weighted by molar-refractivity contribution is 7.92. The van der Waals surface area contributed by atoms with Gasteiger partial charge in [-0.3, -0.25) is 13.9 Å². The number of hydrogen-bond acceptors (Lipinski definition) is 5. The van der Waals surface area contributed by atoms with Crippen molar-refractivity contribution in [3.8, 4) is 5.75 Å². The molecule has 214 valence electrons. The van der Waals surface area contributed by atoms with Crippen molar-refractivity contribution in [3.63, 3.8) is 0 Å². The van der Waals surface area contributed by atoms with Gasteiger partial charge in [0, 0.05) is 12.1 Å². The monoisotopic (exact) mass is 569 g/mol. The fraction of sp³-hybridized carbons (Fsp3) is 0.333. The molecule has 0 saturated carbocycles. The lowest BCUT2D eigenvalue weighted by atomic mass is 10.1. The molecule has 3 aromatic carbocycles. The van der Waals surface area contributed by atoms with Gasteiger partial charge >= 0.3 is 0 Å². The number of anilines is 1. The lowest BCUT2D eigenvalue weighted by Crippen LogP contribution is -2.54. The van der Waals surface area contributed by atoms with E-state index in [1.54, 1.807) is 43.3 Å². The van der Waals surface area contributed by atoms with Crippen molar-refractivity contribution in [2.24, 2.45) is 0 Å². The zero-order valence-corrected chi connectivity index (χ0v) is 24.5. The van der Waals surface area contributed by atoms with E-state index in [9.17, 15) is 22.4 Å². The SMILES string of the molecule is COc1ccccc1N(CC(=O)N(Cc1ccc(F)cc1)C(C)C(=O)NC(C)(C)C)S(=O)(=O)c1ccc(C)cc1. The van der Waals surface area contributed by atoms with Crippen LogP contribution in [0, 0.1) is 12.7 Å². The quantitative estimate of drug-likeness (QED) is 0.383. The van der Waals surface area contributed by atoms with Crippen molar-refractivity contribution < 1.29 is 27.1 Å². The first-order valence-corrected chi connectivity index (χ1v) is 14.3. The number of benzene rings is 3. The number of ether oxygens (including phenoxy) is 1. The Labute approximate surface area is 235 Å². The maximum absolute atomic E-state index is 14.0. The molecule has 0 saturated heterocycles. The van der Waals surface area contributed by atoms with Gasteiger partial charge in [-0.1, -0.05) is 42.0 Å². The molecule has 0 bridgehead atoms. The summed E-state index contributed by atoms with van der Waals surface area (Å²) in [4.78, 5) is 28.4. The molecule has 1 N–H and O–H groups in total. The highest BCUT2D eigenvalue weighted by atomic mass is 32.2. The first kappa shape index (κ1) is 30.6. The Hall–Kier alpha value is -3.92. The van der Waals surface area contributed by atoms with E-state index in [-0.39, 0.29) is 22.9 Å². The molecular formula is C30H36FN3O5S. The van der Waals surface area contributed by atoms with E-state index in [4.69, 9.17) is 4.74 Å². The van der Waals surface area contributed by atoms with Gasteiger partial charge in [-0.05, 0) is 76.6 Å². The number of para-hydroxylation sites is 2. The Balaban J connectivity index is 2.07. The van der Waals surface area contributed by atoms with Crippen LogP contribution in [0.15, 0.2) is 77.7 Å². The van der Waals surface area contributed by atoms with Gasteiger partial charge in [-0.2, -0.15) is 0 Å². The minimum absolute atomic E-state index is 0.000384. The van der Waals surface area contributed by atoms with Crippen LogP contribution in [0.1, 0.15) is 38.8 Å². The normalized spacial score (nSPS) is 12.4. The average Bonchev–Trinajstić information content (AvgIpc) is 2.90. The molecule has 0 aliphatic rings. The van der Waals surface area contributed by atoms with E-state index in [1.807, 2.05) is 27.7 Å². The van der Waals surface area contributed by atoms with E-state index < -0.39 is 45.8 Å². The molecule has 0 aliphatic carbocycles. The lowest BCUT2D eigenvalue weighted by molar-refractivity contribution is -0.140. The largest absolute Gasteiger partial charge is 0.495 e. The van der Waals surface area contributed by atoms with Gasteiger partial charge in [0.25, 0.3) is 10.0 Å². The number of rotatable bonds is 10. The summed E-state index contributed by atoms with van der Waals surface area (Å²) < 4.78 is 47.9. The number of aryl methyl sites for hydroxylation is 1. The smallest absolute Gasteiger partial charge is 0.264 e. The molecule has 40 heavy (non-hydrogen) atoms. The maximum atomic E-state index is 14.0. The summed E-state index contributed by atoms with van der Waals surface area (Å²) in [7, 11) is -2.82. The highest BCUT2D eigenvalue weighted by Crippen LogP contribution is 2.32. The average molecular weight is 570 g/mol. The molecule has 0 fully saturated rings. The number of hydrogen-bond donors (Lipinski definition) is 1. The summed E-state index contributed by atoms with van der Waals surface area (Å²) in [5.74, 6) is -1.21. The number of nitrogens with one attached hydrogen (secondary N) is 1. The number of sulfonamides is 1. The predicted molar refractivity (Wildman–Crippen MR) is 153 cm³/mol. The van der Waals surface area contributed by atoms with Crippen molar-refractivity contribution in [3.05, 3.63) is 89.7 Å². The number of nitrogens with zero attached hydrogens (tertiary/aromatic N) is 2. The van der Waals surface area contributed by atoms with Crippen molar-refractivity contribution >= 4 is 27.5 Å². The second-order valence-corrected chi connectivity index (χ2v) is 12.4. The molecule has 3 rings (SSSR count). The van der Waals surface area contributed by atoms with Crippen LogP contribution >= 0.6 is 0 Å². The maximum Gasteiger partial charge on any atom is 0.264 e. The predicted octanol–water partition coefficient (Wildman–Crippen LogP) is 4.67. The molecule has 10 heteroatoms. The molecule has 0 heterocycles. The number of carbonyl (C=O) groups is 2. The van der Waals surface area contributed by atoms with E-state index >= 15 is 0 Å². The van der Waals surface area contributed by atoms with Gasteiger partial charge in [0.05, 0.1) is 17.7 Å². The van der Waals surface area contributed by atoms with Crippen LogP contribution in [0.25, 0.3) is 0 Å². The molecular weight excluding hydrogens is 533 g/mol. The summed E-state index contributed by atoms with van der Waals surface area (Å²) in [6, 6.07) is 17.4. The first-order valence-electron chi connectivity index (χ1n) is 12.8. The number of halogens is 1. The minimum atomic E-state index is -4.23. The second-order valence-electron chi connectivity index (χ2n) is 10.6. The molecule has 1 atom stereocenters. The minimum Gasteiger partial charge on any atom is -0.495 e. The van der Waals surface area contributed by atoms with E-state index in [0.717, 1.165) is 9.87 Å². The van der Waals surface area contributed by atoms with Gasteiger partial charge in [0.15, 0.2) is 0 Å². The van der Waals surface area contributed by atoms with Crippen LogP contribution in [-0.4, -0.2) is 50.4 Å². The summed E-state index contributed by atoms with van der Waals surface area (Å²) in [5, 5.41) is 2.87. The number of amides is 2. The fourth-order valence-corrected chi connectivity index (χ4v) is 5.45. The molecule has 1 unspecified atom stereocenters. The van der Waals surface area contributed by atoms with Crippen molar-refractivity contribution in [1.82, 2.24) is 10.2 Å². The van der Waals surface area contributed by atoms with Gasteiger partial charge in [0.1, 0.15) is 24.2 Å². The Morgan fingerprint density at radius 1 is 0.975 bits per heavy atom. The van der Waals surface area contributed by atoms with Gasteiger partial charge in [-0.15, -0.1) is 0 Å². The highest BCUT2D eigenvalue weighted by Gasteiger charge is 2.34. The summed E-state index contributed by atoms with van der Waals surface area (Å²) in [6.45, 7) is 8.23. The van der Waals surface area contributed by atoms with Crippen LogP contribution in [0.2, 0.25) is 0 Å². The number of methoxy groups -OCH3 is 1. The first-order chi connectivity index (χ1) is 18.7. The zero-order valence-electron chi connectivity index (χ0n) is 23.6. The van der Waals surface area contributed by atoms with Crippen LogP contribution in [-0.2, 0) is 26.2 Å². The Kier molecular flexibility index (Phi) is 9.57. The molecule has 0 aliphatic heterocycles. The molecule has 0 radical (unpaired) electrons. The van der Waals surface area contributed by atoms with Crippen LogP contribution in [0.4, 0.5) is 10.1 Å². The van der Waals surface area contributed by atoms with Crippen molar-refractivity contribution in [2.75, 3.05) is 18.0 Å².